The lowest BCUT2D eigenvalue weighted by Crippen LogP contribution is -2.66. The van der Waals surface area contributed by atoms with Crippen LogP contribution in [0.2, 0.25) is 0 Å². The molecule has 2 amide bonds. The van der Waals surface area contributed by atoms with E-state index in [4.69, 9.17) is 9.47 Å². The van der Waals surface area contributed by atoms with Crippen LogP contribution in [0.3, 0.4) is 0 Å². The largest absolute Gasteiger partial charge is 0.496 e. The Bertz CT molecular complexity index is 991. The first-order chi connectivity index (χ1) is 14.6. The monoisotopic (exact) mass is 406 g/mol. The van der Waals surface area contributed by atoms with Gasteiger partial charge >= 0.3 is 0 Å². The van der Waals surface area contributed by atoms with Crippen LogP contribution in [0.15, 0.2) is 48.5 Å². The SMILES string of the molecule is COc1ccccc1CNC(=O)[C@H]1C[C@H]2CC[C@H]1C[C@@]21NC(=O)c2ccccc2O1. The average Bonchev–Trinajstić information content (AvgIpc) is 2.78. The standard InChI is InChI=1S/C24H26N2O4/c1-29-20-8-4-2-6-16(20)14-25-22(27)19-12-17-11-10-15(19)13-24(17)26-23(28)18-7-3-5-9-21(18)30-24/h2-9,15,17,19H,10-14H2,1H3,(H,25,27)(H,26,28)/t15-,17+,19-,24-/m0/s1. The van der Waals surface area contributed by atoms with Crippen molar-refractivity contribution < 1.29 is 19.1 Å². The van der Waals surface area contributed by atoms with Crippen molar-refractivity contribution in [2.24, 2.45) is 17.8 Å². The Kier molecular flexibility index (Phi) is 4.65. The van der Waals surface area contributed by atoms with Crippen LogP contribution in [0, 0.1) is 17.8 Å². The molecule has 0 saturated heterocycles. The first-order valence-electron chi connectivity index (χ1n) is 10.6. The first-order valence-corrected chi connectivity index (χ1v) is 10.6. The molecule has 3 aliphatic carbocycles. The quantitative estimate of drug-likeness (QED) is 0.817. The van der Waals surface area contributed by atoms with Crippen LogP contribution in [0.4, 0.5) is 0 Å². The van der Waals surface area contributed by atoms with Gasteiger partial charge in [0.25, 0.3) is 5.91 Å². The van der Waals surface area contributed by atoms with Crippen LogP contribution in [0.5, 0.6) is 11.5 Å². The van der Waals surface area contributed by atoms with Gasteiger partial charge in [0.05, 0.1) is 12.7 Å². The van der Waals surface area contributed by atoms with Crippen molar-refractivity contribution in [2.75, 3.05) is 7.11 Å². The molecule has 1 aliphatic heterocycles. The van der Waals surface area contributed by atoms with Crippen molar-refractivity contribution in [3.05, 3.63) is 59.7 Å². The summed E-state index contributed by atoms with van der Waals surface area (Å²) in [5, 5.41) is 6.24. The maximum Gasteiger partial charge on any atom is 0.258 e. The molecule has 4 aliphatic rings. The smallest absolute Gasteiger partial charge is 0.258 e. The minimum Gasteiger partial charge on any atom is -0.496 e. The molecular formula is C24H26N2O4. The topological polar surface area (TPSA) is 76.7 Å². The Morgan fingerprint density at radius 3 is 2.80 bits per heavy atom. The molecule has 2 N–H and O–H groups in total. The average molecular weight is 406 g/mol. The molecule has 2 aromatic carbocycles. The Morgan fingerprint density at radius 2 is 2.00 bits per heavy atom. The summed E-state index contributed by atoms with van der Waals surface area (Å²) in [6.07, 6.45) is 3.35. The molecule has 30 heavy (non-hydrogen) atoms. The third-order valence-corrected chi connectivity index (χ3v) is 6.95. The summed E-state index contributed by atoms with van der Waals surface area (Å²) in [7, 11) is 1.64. The Morgan fingerprint density at radius 1 is 1.20 bits per heavy atom. The highest BCUT2D eigenvalue weighted by molar-refractivity contribution is 5.98. The van der Waals surface area contributed by atoms with Gasteiger partial charge in [0.15, 0.2) is 5.72 Å². The summed E-state index contributed by atoms with van der Waals surface area (Å²) in [5.41, 5.74) is 0.856. The summed E-state index contributed by atoms with van der Waals surface area (Å²) in [6, 6.07) is 15.1. The van der Waals surface area contributed by atoms with Crippen LogP contribution in [0.25, 0.3) is 0 Å². The lowest BCUT2D eigenvalue weighted by Gasteiger charge is -2.55. The summed E-state index contributed by atoms with van der Waals surface area (Å²) < 4.78 is 11.8. The van der Waals surface area contributed by atoms with Crippen molar-refractivity contribution >= 4 is 11.8 Å². The minimum atomic E-state index is -0.687. The van der Waals surface area contributed by atoms with E-state index in [1.165, 1.54) is 0 Å². The maximum absolute atomic E-state index is 13.0. The first kappa shape index (κ1) is 19.0. The van der Waals surface area contributed by atoms with Crippen LogP contribution < -0.4 is 20.1 Å². The number of benzene rings is 2. The number of rotatable bonds is 4. The van der Waals surface area contributed by atoms with E-state index >= 15 is 0 Å². The Labute approximate surface area is 176 Å². The van der Waals surface area contributed by atoms with Gasteiger partial charge in [0.1, 0.15) is 11.5 Å². The van der Waals surface area contributed by atoms with Gasteiger partial charge in [-0.25, -0.2) is 0 Å². The van der Waals surface area contributed by atoms with E-state index in [0.29, 0.717) is 24.3 Å². The Balaban J connectivity index is 1.29. The zero-order valence-corrected chi connectivity index (χ0v) is 17.0. The summed E-state index contributed by atoms with van der Waals surface area (Å²) in [6.45, 7) is 0.447. The van der Waals surface area contributed by atoms with Crippen LogP contribution in [-0.4, -0.2) is 24.6 Å². The van der Waals surface area contributed by atoms with E-state index in [1.54, 1.807) is 13.2 Å². The predicted molar refractivity (Wildman–Crippen MR) is 111 cm³/mol. The second-order valence-corrected chi connectivity index (χ2v) is 8.55. The second kappa shape index (κ2) is 7.35. The molecule has 6 heteroatoms. The molecule has 2 bridgehead atoms. The molecule has 156 valence electrons. The highest BCUT2D eigenvalue weighted by Crippen LogP contribution is 2.52. The third kappa shape index (κ3) is 3.11. The van der Waals surface area contributed by atoms with Gasteiger partial charge in [-0.1, -0.05) is 30.3 Å². The van der Waals surface area contributed by atoms with Crippen molar-refractivity contribution in [3.63, 3.8) is 0 Å². The maximum atomic E-state index is 13.0. The number of hydrogen-bond acceptors (Lipinski definition) is 4. The van der Waals surface area contributed by atoms with E-state index in [0.717, 1.165) is 30.6 Å². The number of methoxy groups -OCH3 is 1. The van der Waals surface area contributed by atoms with Gasteiger partial charge in [-0.15, -0.1) is 0 Å². The lowest BCUT2D eigenvalue weighted by molar-refractivity contribution is -0.146. The molecule has 0 radical (unpaired) electrons. The molecule has 3 fully saturated rings. The van der Waals surface area contributed by atoms with Gasteiger partial charge in [-0.2, -0.15) is 0 Å². The van der Waals surface area contributed by atoms with Gasteiger partial charge in [0.2, 0.25) is 5.91 Å². The lowest BCUT2D eigenvalue weighted by atomic mass is 9.60. The fourth-order valence-corrected chi connectivity index (χ4v) is 5.44. The van der Waals surface area contributed by atoms with E-state index in [9.17, 15) is 9.59 Å². The molecule has 3 saturated carbocycles. The minimum absolute atomic E-state index is 0.0539. The summed E-state index contributed by atoms with van der Waals surface area (Å²) in [4.78, 5) is 25.7. The van der Waals surface area contributed by atoms with E-state index < -0.39 is 5.72 Å². The number of nitrogens with one attached hydrogen (secondary N) is 2. The molecule has 6 nitrogen and oxygen atoms in total. The zero-order chi connectivity index (χ0) is 20.7. The number of para-hydroxylation sites is 2. The van der Waals surface area contributed by atoms with E-state index in [-0.39, 0.29) is 29.6 Å². The van der Waals surface area contributed by atoms with Crippen molar-refractivity contribution in [2.45, 2.75) is 38.0 Å². The molecule has 1 heterocycles. The molecule has 0 unspecified atom stereocenters. The predicted octanol–water partition coefficient (Wildman–Crippen LogP) is 3.27. The van der Waals surface area contributed by atoms with Crippen molar-refractivity contribution in [1.29, 1.82) is 0 Å². The molecule has 0 aromatic heterocycles. The summed E-state index contributed by atoms with van der Waals surface area (Å²) >= 11 is 0. The van der Waals surface area contributed by atoms with Crippen molar-refractivity contribution in [1.82, 2.24) is 10.6 Å². The van der Waals surface area contributed by atoms with Gasteiger partial charge in [0, 0.05) is 30.4 Å². The molecule has 4 atom stereocenters. The molecular weight excluding hydrogens is 380 g/mol. The zero-order valence-electron chi connectivity index (χ0n) is 17.0. The Hall–Kier alpha value is -3.02. The number of hydrogen-bond donors (Lipinski definition) is 2. The van der Waals surface area contributed by atoms with E-state index in [1.807, 2.05) is 42.5 Å². The number of fused-ring (bicyclic) bond motifs is 3. The summed E-state index contributed by atoms with van der Waals surface area (Å²) in [5.74, 6) is 1.68. The van der Waals surface area contributed by atoms with Gasteiger partial charge in [-0.05, 0) is 43.4 Å². The fourth-order valence-electron chi connectivity index (χ4n) is 5.44. The molecule has 1 spiro atoms. The number of carbonyl (C=O) groups excluding carboxylic acids is 2. The van der Waals surface area contributed by atoms with Crippen molar-refractivity contribution in [3.8, 4) is 11.5 Å². The van der Waals surface area contributed by atoms with E-state index in [2.05, 4.69) is 10.6 Å². The second-order valence-electron chi connectivity index (χ2n) is 8.55. The molecule has 6 rings (SSSR count). The fraction of sp³-hybridized carbons (Fsp3) is 0.417. The van der Waals surface area contributed by atoms with Crippen LogP contribution in [0.1, 0.15) is 41.6 Å². The highest BCUT2D eigenvalue weighted by Gasteiger charge is 2.57. The third-order valence-electron chi connectivity index (χ3n) is 6.95. The van der Waals surface area contributed by atoms with Gasteiger partial charge in [-0.3, -0.25) is 9.59 Å². The number of amides is 2. The number of ether oxygens (including phenoxy) is 2. The highest BCUT2D eigenvalue weighted by atomic mass is 16.5. The van der Waals surface area contributed by atoms with Crippen LogP contribution >= 0.6 is 0 Å². The van der Waals surface area contributed by atoms with Gasteiger partial charge < -0.3 is 20.1 Å². The number of carbonyl (C=O) groups is 2. The van der Waals surface area contributed by atoms with Crippen LogP contribution in [-0.2, 0) is 11.3 Å². The normalized spacial score (nSPS) is 29.0. The molecule has 2 aromatic rings.